The smallest absolute Gasteiger partial charge is 0.0680 e. The topological polar surface area (TPSA) is 23.5 Å². The highest BCUT2D eigenvalue weighted by Crippen LogP contribution is 2.08. The van der Waals surface area contributed by atoms with Crippen LogP contribution in [-0.2, 0) is 0 Å². The largest absolute Gasteiger partial charge is 0.392 e. The molecule has 0 radical (unpaired) electrons. The summed E-state index contributed by atoms with van der Waals surface area (Å²) in [6.07, 6.45) is 0.523. The number of rotatable bonds is 3. The predicted molar refractivity (Wildman–Crippen MR) is 39.4 cm³/mol. The van der Waals surface area contributed by atoms with Crippen LogP contribution >= 0.6 is 11.8 Å². The van der Waals surface area contributed by atoms with Crippen molar-refractivity contribution in [3.05, 3.63) is 0 Å². The zero-order chi connectivity index (χ0) is 7.44. The Balaban J connectivity index is 3.68. The first-order valence-corrected chi connectivity index (χ1v) is 3.50. The summed E-state index contributed by atoms with van der Waals surface area (Å²) in [6.45, 7) is 3.74. The van der Waals surface area contributed by atoms with Crippen LogP contribution in [0, 0.1) is 0 Å². The summed E-state index contributed by atoms with van der Waals surface area (Å²) >= 11 is 5.61. The van der Waals surface area contributed by atoms with E-state index in [2.05, 4.69) is 0 Å². The van der Waals surface area contributed by atoms with Gasteiger partial charge in [-0.05, 0) is 25.1 Å². The fourth-order valence-corrected chi connectivity index (χ4v) is 1.19. The van der Waals surface area contributed by atoms with Crippen molar-refractivity contribution in [1.82, 2.24) is 4.42 Å². The van der Waals surface area contributed by atoms with Crippen molar-refractivity contribution in [3.8, 4) is 0 Å². The van der Waals surface area contributed by atoms with Gasteiger partial charge in [-0.25, -0.2) is 4.42 Å². The fraction of sp³-hybridized carbons (Fsp3) is 1.00. The molecular formula is C6H14ClNO. The lowest BCUT2D eigenvalue weighted by atomic mass is 10.1. The van der Waals surface area contributed by atoms with Crippen molar-refractivity contribution in [3.63, 3.8) is 0 Å². The highest BCUT2D eigenvalue weighted by molar-refractivity contribution is 6.13. The van der Waals surface area contributed by atoms with Crippen molar-refractivity contribution in [1.29, 1.82) is 0 Å². The van der Waals surface area contributed by atoms with Gasteiger partial charge in [-0.2, -0.15) is 0 Å². The van der Waals surface area contributed by atoms with E-state index in [0.717, 1.165) is 6.42 Å². The Morgan fingerprint density at radius 3 is 2.11 bits per heavy atom. The Labute approximate surface area is 61.5 Å². The maximum absolute atomic E-state index is 9.06. The Bertz CT molecular complexity index is 67.5. The molecule has 0 rings (SSSR count). The summed E-state index contributed by atoms with van der Waals surface area (Å²) in [4.78, 5) is 0. The quantitative estimate of drug-likeness (QED) is 0.614. The molecule has 1 N–H and O–H groups in total. The van der Waals surface area contributed by atoms with Crippen LogP contribution in [0.3, 0.4) is 0 Å². The molecule has 0 aromatic heterocycles. The standard InChI is InChI=1S/C6H14ClNO/c1-4-6(5(2)9)8(3)7/h5-6,9H,4H2,1-3H3/t5-,6+/m1/s1. The second-order valence-corrected chi connectivity index (χ2v) is 2.77. The van der Waals surface area contributed by atoms with Gasteiger partial charge in [-0.3, -0.25) is 0 Å². The third-order valence-corrected chi connectivity index (χ3v) is 1.68. The first-order valence-electron chi connectivity index (χ1n) is 3.16. The van der Waals surface area contributed by atoms with Gasteiger partial charge >= 0.3 is 0 Å². The molecule has 0 spiro atoms. The molecule has 0 aliphatic rings. The normalized spacial score (nSPS) is 18.0. The first kappa shape index (κ1) is 9.21. The van der Waals surface area contributed by atoms with E-state index in [4.69, 9.17) is 16.9 Å². The van der Waals surface area contributed by atoms with E-state index < -0.39 is 0 Å². The number of nitrogens with zero attached hydrogens (tertiary/aromatic N) is 1. The molecule has 0 aromatic rings. The predicted octanol–water partition coefficient (Wildman–Crippen LogP) is 1.23. The van der Waals surface area contributed by atoms with Crippen molar-refractivity contribution < 1.29 is 5.11 Å². The van der Waals surface area contributed by atoms with Crippen LogP contribution in [0.4, 0.5) is 0 Å². The maximum Gasteiger partial charge on any atom is 0.0680 e. The number of aliphatic hydroxyl groups excluding tert-OH is 1. The minimum atomic E-state index is -0.350. The number of hydrogen-bond donors (Lipinski definition) is 1. The summed E-state index contributed by atoms with van der Waals surface area (Å²) in [7, 11) is 1.75. The summed E-state index contributed by atoms with van der Waals surface area (Å²) in [5.41, 5.74) is 0. The molecule has 2 nitrogen and oxygen atoms in total. The molecule has 0 heterocycles. The lowest BCUT2D eigenvalue weighted by Gasteiger charge is -2.22. The molecule has 0 amide bonds. The molecule has 9 heavy (non-hydrogen) atoms. The third-order valence-electron chi connectivity index (χ3n) is 1.43. The Kier molecular flexibility index (Phi) is 4.19. The third kappa shape index (κ3) is 3.04. The Hall–Kier alpha value is 0.210. The Morgan fingerprint density at radius 1 is 1.67 bits per heavy atom. The minimum absolute atomic E-state index is 0.0756. The Morgan fingerprint density at radius 2 is 2.11 bits per heavy atom. The van der Waals surface area contributed by atoms with Gasteiger partial charge in [0.2, 0.25) is 0 Å². The maximum atomic E-state index is 9.06. The number of hydrogen-bond acceptors (Lipinski definition) is 2. The van der Waals surface area contributed by atoms with E-state index in [1.165, 1.54) is 4.42 Å². The van der Waals surface area contributed by atoms with E-state index in [9.17, 15) is 0 Å². The molecule has 56 valence electrons. The van der Waals surface area contributed by atoms with E-state index in [0.29, 0.717) is 0 Å². The van der Waals surface area contributed by atoms with Crippen LogP contribution in [0.25, 0.3) is 0 Å². The monoisotopic (exact) mass is 151 g/mol. The van der Waals surface area contributed by atoms with Crippen LogP contribution in [-0.4, -0.2) is 28.7 Å². The van der Waals surface area contributed by atoms with Crippen LogP contribution in [0.1, 0.15) is 20.3 Å². The van der Waals surface area contributed by atoms with Gasteiger partial charge < -0.3 is 5.11 Å². The molecule has 0 fully saturated rings. The minimum Gasteiger partial charge on any atom is -0.392 e. The van der Waals surface area contributed by atoms with Gasteiger partial charge in [-0.15, -0.1) is 0 Å². The molecule has 0 saturated heterocycles. The van der Waals surface area contributed by atoms with Gasteiger partial charge in [0.15, 0.2) is 0 Å². The van der Waals surface area contributed by atoms with E-state index in [1.807, 2.05) is 6.92 Å². The highest BCUT2D eigenvalue weighted by Gasteiger charge is 2.15. The van der Waals surface area contributed by atoms with Crippen LogP contribution < -0.4 is 0 Å². The zero-order valence-corrected chi connectivity index (χ0v) is 6.89. The van der Waals surface area contributed by atoms with Gasteiger partial charge in [0, 0.05) is 7.05 Å². The van der Waals surface area contributed by atoms with Gasteiger partial charge in [0.1, 0.15) is 0 Å². The molecule has 0 aliphatic heterocycles. The van der Waals surface area contributed by atoms with E-state index in [1.54, 1.807) is 14.0 Å². The zero-order valence-electron chi connectivity index (χ0n) is 6.13. The second-order valence-electron chi connectivity index (χ2n) is 2.24. The van der Waals surface area contributed by atoms with Crippen LogP contribution in [0.15, 0.2) is 0 Å². The summed E-state index contributed by atoms with van der Waals surface area (Å²) in [6, 6.07) is 0.0756. The van der Waals surface area contributed by atoms with E-state index >= 15 is 0 Å². The van der Waals surface area contributed by atoms with Gasteiger partial charge in [0.05, 0.1) is 12.1 Å². The van der Waals surface area contributed by atoms with Crippen molar-refractivity contribution in [2.24, 2.45) is 0 Å². The van der Waals surface area contributed by atoms with Gasteiger partial charge in [0.25, 0.3) is 0 Å². The SMILES string of the molecule is CC[C@@H]([C@@H](C)O)N(C)Cl. The summed E-state index contributed by atoms with van der Waals surface area (Å²) < 4.78 is 1.52. The molecule has 3 heteroatoms. The second kappa shape index (κ2) is 4.09. The summed E-state index contributed by atoms with van der Waals surface area (Å²) in [5, 5.41) is 9.06. The molecule has 0 unspecified atom stereocenters. The number of likely N-dealkylation sites (N-methyl/N-ethyl adjacent to an activating group) is 1. The van der Waals surface area contributed by atoms with Crippen LogP contribution in [0.5, 0.6) is 0 Å². The molecule has 0 saturated carbocycles. The highest BCUT2D eigenvalue weighted by atomic mass is 35.5. The fourth-order valence-electron chi connectivity index (χ4n) is 0.890. The number of halogens is 1. The summed E-state index contributed by atoms with van der Waals surface area (Å²) in [5.74, 6) is 0. The molecule has 2 atom stereocenters. The van der Waals surface area contributed by atoms with Crippen molar-refractivity contribution in [2.75, 3.05) is 7.05 Å². The molecule has 0 aliphatic carbocycles. The lowest BCUT2D eigenvalue weighted by molar-refractivity contribution is 0.113. The van der Waals surface area contributed by atoms with Crippen LogP contribution in [0.2, 0.25) is 0 Å². The average molecular weight is 152 g/mol. The first-order chi connectivity index (χ1) is 4.09. The number of aliphatic hydroxyl groups is 1. The van der Waals surface area contributed by atoms with Crippen molar-refractivity contribution in [2.45, 2.75) is 32.4 Å². The van der Waals surface area contributed by atoms with E-state index in [-0.39, 0.29) is 12.1 Å². The molecule has 0 aromatic carbocycles. The van der Waals surface area contributed by atoms with Gasteiger partial charge in [-0.1, -0.05) is 6.92 Å². The molecular weight excluding hydrogens is 138 g/mol. The lowest BCUT2D eigenvalue weighted by Crippen LogP contribution is -2.33. The van der Waals surface area contributed by atoms with Crippen molar-refractivity contribution >= 4 is 11.8 Å². The molecule has 0 bridgehead atoms. The average Bonchev–Trinajstić information content (AvgIpc) is 1.64.